The number of ether oxygens (including phenoxy) is 1. The van der Waals surface area contributed by atoms with E-state index < -0.39 is 0 Å². The van der Waals surface area contributed by atoms with Gasteiger partial charge in [-0.15, -0.1) is 0 Å². The predicted molar refractivity (Wildman–Crippen MR) is 96.0 cm³/mol. The molecule has 0 unspecified atom stereocenters. The molecule has 1 aliphatic heterocycles. The van der Waals surface area contributed by atoms with Gasteiger partial charge in [0.15, 0.2) is 0 Å². The van der Waals surface area contributed by atoms with Crippen LogP contribution in [-0.4, -0.2) is 30.6 Å². The summed E-state index contributed by atoms with van der Waals surface area (Å²) in [5.74, 6) is -0.0899. The van der Waals surface area contributed by atoms with Gasteiger partial charge in [0.05, 0.1) is 12.5 Å². The molecule has 126 valence electrons. The molecule has 24 heavy (non-hydrogen) atoms. The number of carbonyl (C=O) groups is 1. The smallest absolute Gasteiger partial charge is 0.310 e. The van der Waals surface area contributed by atoms with Crippen molar-refractivity contribution in [3.63, 3.8) is 0 Å². The van der Waals surface area contributed by atoms with E-state index in [1.54, 1.807) is 0 Å². The minimum atomic E-state index is -0.130. The minimum Gasteiger partial charge on any atom is -0.466 e. The number of hydrogen-bond donors (Lipinski definition) is 0. The van der Waals surface area contributed by atoms with Crippen molar-refractivity contribution in [1.29, 1.82) is 0 Å². The highest BCUT2D eigenvalue weighted by atomic mass is 35.5. The van der Waals surface area contributed by atoms with Gasteiger partial charge in [-0.3, -0.25) is 9.69 Å². The fraction of sp³-hybridized carbons (Fsp3) is 0.350. The summed E-state index contributed by atoms with van der Waals surface area (Å²) >= 11 is 6.00. The molecule has 2 aromatic carbocycles. The van der Waals surface area contributed by atoms with E-state index in [4.69, 9.17) is 16.3 Å². The van der Waals surface area contributed by atoms with Gasteiger partial charge in [-0.1, -0.05) is 54.1 Å². The maximum Gasteiger partial charge on any atom is 0.310 e. The second kappa shape index (κ2) is 7.82. The molecular formula is C20H22ClNO2. The molecular weight excluding hydrogens is 322 g/mol. The topological polar surface area (TPSA) is 29.5 Å². The van der Waals surface area contributed by atoms with Crippen LogP contribution in [0.1, 0.15) is 24.0 Å². The van der Waals surface area contributed by atoms with Crippen molar-refractivity contribution in [2.75, 3.05) is 19.7 Å². The predicted octanol–water partition coefficient (Wildman–Crippen LogP) is 4.12. The molecule has 2 atom stereocenters. The lowest BCUT2D eigenvalue weighted by Crippen LogP contribution is -2.25. The van der Waals surface area contributed by atoms with Crippen LogP contribution < -0.4 is 0 Å². The highest BCUT2D eigenvalue weighted by Crippen LogP contribution is 2.34. The molecule has 1 heterocycles. The Morgan fingerprint density at radius 2 is 1.83 bits per heavy atom. The third kappa shape index (κ3) is 3.97. The van der Waals surface area contributed by atoms with Crippen molar-refractivity contribution in [3.8, 4) is 0 Å². The van der Waals surface area contributed by atoms with Crippen LogP contribution in [-0.2, 0) is 16.1 Å². The Kier molecular flexibility index (Phi) is 5.54. The molecule has 0 radical (unpaired) electrons. The molecule has 1 aliphatic rings. The number of benzene rings is 2. The second-order valence-electron chi connectivity index (χ2n) is 6.20. The van der Waals surface area contributed by atoms with Crippen LogP contribution in [0.4, 0.5) is 0 Å². The maximum atomic E-state index is 12.4. The standard InChI is InChI=1S/C20H22ClNO2/c1-2-24-20(23)19-14-22(12-15-6-4-3-5-7-15)13-18(19)16-8-10-17(21)11-9-16/h3-11,18-19H,2,12-14H2,1H3/t18-,19+/m0/s1. The number of hydrogen-bond acceptors (Lipinski definition) is 3. The second-order valence-corrected chi connectivity index (χ2v) is 6.63. The van der Waals surface area contributed by atoms with E-state index in [1.165, 1.54) is 5.56 Å². The van der Waals surface area contributed by atoms with E-state index >= 15 is 0 Å². The van der Waals surface area contributed by atoms with Crippen LogP contribution in [0.2, 0.25) is 5.02 Å². The van der Waals surface area contributed by atoms with E-state index in [-0.39, 0.29) is 17.8 Å². The number of esters is 1. The molecule has 4 heteroatoms. The van der Waals surface area contributed by atoms with E-state index in [0.29, 0.717) is 11.6 Å². The number of likely N-dealkylation sites (tertiary alicyclic amines) is 1. The Bertz CT molecular complexity index is 672. The Balaban J connectivity index is 1.78. The first-order valence-corrected chi connectivity index (χ1v) is 8.73. The van der Waals surface area contributed by atoms with Crippen molar-refractivity contribution >= 4 is 17.6 Å². The van der Waals surface area contributed by atoms with Gasteiger partial charge in [-0.2, -0.15) is 0 Å². The van der Waals surface area contributed by atoms with E-state index in [0.717, 1.165) is 25.2 Å². The lowest BCUT2D eigenvalue weighted by atomic mass is 9.89. The van der Waals surface area contributed by atoms with Crippen LogP contribution in [0, 0.1) is 5.92 Å². The fourth-order valence-electron chi connectivity index (χ4n) is 3.39. The molecule has 0 bridgehead atoms. The van der Waals surface area contributed by atoms with Crippen LogP contribution in [0.15, 0.2) is 54.6 Å². The Hall–Kier alpha value is -1.84. The zero-order valence-electron chi connectivity index (χ0n) is 13.8. The molecule has 0 aliphatic carbocycles. The summed E-state index contributed by atoms with van der Waals surface area (Å²) in [6.45, 7) is 4.69. The van der Waals surface area contributed by atoms with Crippen LogP contribution in [0.25, 0.3) is 0 Å². The molecule has 1 saturated heterocycles. The molecule has 2 aromatic rings. The summed E-state index contributed by atoms with van der Waals surface area (Å²) < 4.78 is 5.31. The Morgan fingerprint density at radius 1 is 1.12 bits per heavy atom. The van der Waals surface area contributed by atoms with Crippen LogP contribution in [0.3, 0.4) is 0 Å². The summed E-state index contributed by atoms with van der Waals surface area (Å²) in [6, 6.07) is 18.2. The van der Waals surface area contributed by atoms with Crippen molar-refractivity contribution in [1.82, 2.24) is 4.90 Å². The average molecular weight is 344 g/mol. The van der Waals surface area contributed by atoms with Crippen molar-refractivity contribution in [2.45, 2.75) is 19.4 Å². The SMILES string of the molecule is CCOC(=O)[C@@H]1CN(Cc2ccccc2)C[C@H]1c1ccc(Cl)cc1. The molecule has 0 N–H and O–H groups in total. The monoisotopic (exact) mass is 343 g/mol. The third-order valence-electron chi connectivity index (χ3n) is 4.53. The Morgan fingerprint density at radius 3 is 2.50 bits per heavy atom. The van der Waals surface area contributed by atoms with Gasteiger partial charge in [-0.25, -0.2) is 0 Å². The third-order valence-corrected chi connectivity index (χ3v) is 4.78. The van der Waals surface area contributed by atoms with Crippen molar-refractivity contribution < 1.29 is 9.53 Å². The van der Waals surface area contributed by atoms with Gasteiger partial charge in [0.1, 0.15) is 0 Å². The van der Waals surface area contributed by atoms with Crippen molar-refractivity contribution in [3.05, 3.63) is 70.7 Å². The maximum absolute atomic E-state index is 12.4. The zero-order chi connectivity index (χ0) is 16.9. The first-order chi connectivity index (χ1) is 11.7. The lowest BCUT2D eigenvalue weighted by Gasteiger charge is -2.17. The molecule has 0 aromatic heterocycles. The van der Waals surface area contributed by atoms with E-state index in [1.807, 2.05) is 49.4 Å². The Labute approximate surface area is 148 Å². The van der Waals surface area contributed by atoms with E-state index in [2.05, 4.69) is 17.0 Å². The van der Waals surface area contributed by atoms with Gasteiger partial charge >= 0.3 is 5.97 Å². The summed E-state index contributed by atoms with van der Waals surface area (Å²) in [5, 5.41) is 0.713. The molecule has 3 rings (SSSR count). The summed E-state index contributed by atoms with van der Waals surface area (Å²) in [6.07, 6.45) is 0. The minimum absolute atomic E-state index is 0.104. The number of halogens is 1. The number of nitrogens with zero attached hydrogens (tertiary/aromatic N) is 1. The van der Waals surface area contributed by atoms with Gasteiger partial charge in [0.2, 0.25) is 0 Å². The van der Waals surface area contributed by atoms with Crippen molar-refractivity contribution in [2.24, 2.45) is 5.92 Å². The summed E-state index contributed by atoms with van der Waals surface area (Å²) in [4.78, 5) is 14.7. The highest BCUT2D eigenvalue weighted by Gasteiger charge is 2.39. The lowest BCUT2D eigenvalue weighted by molar-refractivity contribution is -0.148. The molecule has 3 nitrogen and oxygen atoms in total. The molecule has 1 fully saturated rings. The molecule has 0 saturated carbocycles. The van der Waals surface area contributed by atoms with Gasteiger partial charge < -0.3 is 4.74 Å². The first kappa shape index (κ1) is 17.0. The first-order valence-electron chi connectivity index (χ1n) is 8.35. The number of carbonyl (C=O) groups excluding carboxylic acids is 1. The van der Waals surface area contributed by atoms with Gasteiger partial charge in [0.25, 0.3) is 0 Å². The summed E-state index contributed by atoms with van der Waals surface area (Å²) in [5.41, 5.74) is 2.41. The summed E-state index contributed by atoms with van der Waals surface area (Å²) in [7, 11) is 0. The highest BCUT2D eigenvalue weighted by molar-refractivity contribution is 6.30. The largest absolute Gasteiger partial charge is 0.466 e. The number of rotatable bonds is 5. The van der Waals surface area contributed by atoms with Crippen LogP contribution >= 0.6 is 11.6 Å². The van der Waals surface area contributed by atoms with Crippen LogP contribution in [0.5, 0.6) is 0 Å². The van der Waals surface area contributed by atoms with E-state index in [9.17, 15) is 4.79 Å². The quantitative estimate of drug-likeness (QED) is 0.765. The average Bonchev–Trinajstić information content (AvgIpc) is 3.00. The van der Waals surface area contributed by atoms with Gasteiger partial charge in [0, 0.05) is 30.6 Å². The molecule has 0 spiro atoms. The molecule has 0 amide bonds. The zero-order valence-corrected chi connectivity index (χ0v) is 14.6. The van der Waals surface area contributed by atoms with Gasteiger partial charge in [-0.05, 0) is 30.2 Å². The fourth-order valence-corrected chi connectivity index (χ4v) is 3.52. The normalized spacial score (nSPS) is 20.9.